The van der Waals surface area contributed by atoms with Crippen LogP contribution in [0.3, 0.4) is 0 Å². The Morgan fingerprint density at radius 3 is 2.48 bits per heavy atom. The molecular formula is C27H42N6O8S. The minimum Gasteiger partial charge on any atom is -0.394 e. The summed E-state index contributed by atoms with van der Waals surface area (Å²) >= 11 is 1.88. The van der Waals surface area contributed by atoms with E-state index in [-0.39, 0.29) is 48.3 Å². The van der Waals surface area contributed by atoms with Gasteiger partial charge < -0.3 is 36.2 Å². The quantitative estimate of drug-likeness (QED) is 0.0927. The number of amides is 4. The summed E-state index contributed by atoms with van der Waals surface area (Å²) in [5.74, 6) is 0.645. The second-order valence-electron chi connectivity index (χ2n) is 11.1. The van der Waals surface area contributed by atoms with Crippen molar-refractivity contribution in [1.82, 2.24) is 30.8 Å². The van der Waals surface area contributed by atoms with Gasteiger partial charge in [-0.25, -0.2) is 9.59 Å². The highest BCUT2D eigenvalue weighted by Gasteiger charge is 2.42. The van der Waals surface area contributed by atoms with Gasteiger partial charge in [-0.1, -0.05) is 19.3 Å². The number of H-pyrrole nitrogens is 1. The number of nitrogens with one attached hydrogen (secondary N) is 5. The monoisotopic (exact) mass is 610 g/mol. The number of unbranched alkanes of at least 4 members (excludes halogenated alkanes) is 4. The van der Waals surface area contributed by atoms with Crippen LogP contribution in [0.15, 0.2) is 15.8 Å². The van der Waals surface area contributed by atoms with Crippen LogP contribution in [0.5, 0.6) is 0 Å². The highest BCUT2D eigenvalue weighted by Crippen LogP contribution is 2.33. The van der Waals surface area contributed by atoms with E-state index in [1.165, 1.54) is 6.20 Å². The maximum atomic E-state index is 12.4. The molecular weight excluding hydrogens is 568 g/mol. The summed E-state index contributed by atoms with van der Waals surface area (Å²) in [5, 5.41) is 31.3. The van der Waals surface area contributed by atoms with Gasteiger partial charge >= 0.3 is 11.7 Å². The van der Waals surface area contributed by atoms with Crippen LogP contribution in [-0.4, -0.2) is 92.6 Å². The molecule has 4 amide bonds. The first-order valence-electron chi connectivity index (χ1n) is 14.8. The number of aliphatic hydroxyl groups excluding tert-OH is 2. The molecule has 1 aromatic heterocycles. The minimum atomic E-state index is -0.941. The van der Waals surface area contributed by atoms with E-state index >= 15 is 0 Å². The van der Waals surface area contributed by atoms with Gasteiger partial charge in [0.15, 0.2) is 0 Å². The molecule has 0 unspecified atom stereocenters. The van der Waals surface area contributed by atoms with Crippen LogP contribution < -0.4 is 32.5 Å². The standard InChI is InChI=1S/C27H42N6O8S/c34-14-19-18(35)12-23(41-19)33-13-16(25(38)32-27(33)40)11-22(37)29-10-6-2-1-5-9-28-21(36)8-4-3-7-20-24-17(15-42-20)30-26(39)31-24/h13,17-20,23-24,34-35H,1-12,14-15H2,(H,28,36)(H,29,37)(H2,30,31,39)(H,32,38,40)/t17-,18-,19+,20-,23+,24-/m0/s1. The van der Waals surface area contributed by atoms with Crippen molar-refractivity contribution in [2.24, 2.45) is 0 Å². The molecule has 3 aliphatic heterocycles. The first-order chi connectivity index (χ1) is 20.2. The number of aliphatic hydroxyl groups is 2. The maximum absolute atomic E-state index is 12.4. The van der Waals surface area contributed by atoms with E-state index in [1.54, 1.807) is 0 Å². The molecule has 42 heavy (non-hydrogen) atoms. The van der Waals surface area contributed by atoms with Crippen LogP contribution in [0.25, 0.3) is 0 Å². The Morgan fingerprint density at radius 2 is 1.76 bits per heavy atom. The zero-order valence-corrected chi connectivity index (χ0v) is 24.5. The summed E-state index contributed by atoms with van der Waals surface area (Å²) in [6.45, 7) is 0.660. The number of nitrogens with zero attached hydrogens (tertiary/aromatic N) is 1. The van der Waals surface area contributed by atoms with Crippen LogP contribution in [0, 0.1) is 0 Å². The Kier molecular flexibility index (Phi) is 11.9. The van der Waals surface area contributed by atoms with Gasteiger partial charge in [0, 0.05) is 48.7 Å². The van der Waals surface area contributed by atoms with Gasteiger partial charge in [-0.2, -0.15) is 11.8 Å². The molecule has 0 spiro atoms. The zero-order valence-electron chi connectivity index (χ0n) is 23.6. The molecule has 1 aromatic rings. The number of hydrogen-bond donors (Lipinski definition) is 7. The molecule has 7 N–H and O–H groups in total. The third-order valence-corrected chi connectivity index (χ3v) is 9.42. The SMILES string of the molecule is O=C(CCCC[C@@H]1SC[C@@H]2NC(=O)N[C@@H]21)NCCCCCCNC(=O)Cc1cn([C@H]2C[C@H](O)[C@@H](CO)O2)c(=O)[nH]c1=O. The lowest BCUT2D eigenvalue weighted by molar-refractivity contribution is -0.121. The smallest absolute Gasteiger partial charge is 0.330 e. The molecule has 4 heterocycles. The summed E-state index contributed by atoms with van der Waals surface area (Å²) in [6.07, 6.45) is 5.19. The number of aromatic nitrogens is 2. The molecule has 0 saturated carbocycles. The second kappa shape index (κ2) is 15.5. The summed E-state index contributed by atoms with van der Waals surface area (Å²) < 4.78 is 6.61. The van der Waals surface area contributed by atoms with E-state index in [0.717, 1.165) is 55.3 Å². The number of urea groups is 1. The predicted octanol–water partition coefficient (Wildman–Crippen LogP) is -0.762. The molecule has 3 aliphatic rings. The number of rotatable bonds is 16. The maximum Gasteiger partial charge on any atom is 0.330 e. The Labute approximate surface area is 247 Å². The first kappa shape index (κ1) is 32.0. The molecule has 15 heteroatoms. The van der Waals surface area contributed by atoms with Crippen LogP contribution in [0.2, 0.25) is 0 Å². The molecule has 3 fully saturated rings. The van der Waals surface area contributed by atoms with Gasteiger partial charge in [-0.05, 0) is 25.7 Å². The van der Waals surface area contributed by atoms with Gasteiger partial charge in [0.1, 0.15) is 12.3 Å². The van der Waals surface area contributed by atoms with Crippen LogP contribution >= 0.6 is 11.8 Å². The second-order valence-corrected chi connectivity index (χ2v) is 12.4. The van der Waals surface area contributed by atoms with E-state index < -0.39 is 36.3 Å². The van der Waals surface area contributed by atoms with Crippen molar-refractivity contribution >= 4 is 29.6 Å². The number of carbonyl (C=O) groups excluding carboxylic acids is 3. The third-order valence-electron chi connectivity index (χ3n) is 7.92. The van der Waals surface area contributed by atoms with Gasteiger partial charge in [0.25, 0.3) is 5.56 Å². The van der Waals surface area contributed by atoms with Crippen LogP contribution in [0.4, 0.5) is 4.79 Å². The largest absolute Gasteiger partial charge is 0.394 e. The van der Waals surface area contributed by atoms with Crippen LogP contribution in [-0.2, 0) is 20.7 Å². The summed E-state index contributed by atoms with van der Waals surface area (Å²) in [5.41, 5.74) is -1.28. The molecule has 0 aliphatic carbocycles. The lowest BCUT2D eigenvalue weighted by Gasteiger charge is -2.16. The number of fused-ring (bicyclic) bond motifs is 1. The first-order valence-corrected chi connectivity index (χ1v) is 15.8. The van der Waals surface area contributed by atoms with Crippen molar-refractivity contribution in [2.45, 2.75) is 100.0 Å². The van der Waals surface area contributed by atoms with Crippen molar-refractivity contribution in [3.05, 3.63) is 32.6 Å². The van der Waals surface area contributed by atoms with E-state index in [0.29, 0.717) is 24.8 Å². The Bertz CT molecular complexity index is 1210. The van der Waals surface area contributed by atoms with Crippen molar-refractivity contribution < 1.29 is 29.3 Å². The Hall–Kier alpha value is -2.88. The molecule has 0 radical (unpaired) electrons. The topological polar surface area (TPSA) is 204 Å². The van der Waals surface area contributed by atoms with E-state index in [9.17, 15) is 34.2 Å². The number of ether oxygens (including phenoxy) is 1. The summed E-state index contributed by atoms with van der Waals surface area (Å²) in [7, 11) is 0. The summed E-state index contributed by atoms with van der Waals surface area (Å²) in [4.78, 5) is 62.5. The van der Waals surface area contributed by atoms with Crippen molar-refractivity contribution in [1.29, 1.82) is 0 Å². The minimum absolute atomic E-state index is 0.0558. The molecule has 234 valence electrons. The van der Waals surface area contributed by atoms with Gasteiger partial charge in [0.2, 0.25) is 11.8 Å². The average Bonchev–Trinajstić information content (AvgIpc) is 3.63. The van der Waals surface area contributed by atoms with E-state index in [1.807, 2.05) is 11.8 Å². The number of hydrogen-bond acceptors (Lipinski definition) is 9. The fourth-order valence-electron chi connectivity index (χ4n) is 5.57. The number of carbonyl (C=O) groups is 3. The summed E-state index contributed by atoms with van der Waals surface area (Å²) in [6, 6.07) is 0.353. The van der Waals surface area contributed by atoms with Crippen molar-refractivity contribution in [3.63, 3.8) is 0 Å². The molecule has 3 saturated heterocycles. The van der Waals surface area contributed by atoms with Crippen molar-refractivity contribution in [3.8, 4) is 0 Å². The van der Waals surface area contributed by atoms with Gasteiger partial charge in [0.05, 0.1) is 31.2 Å². The average molecular weight is 611 g/mol. The fraction of sp³-hybridized carbons (Fsp3) is 0.741. The lowest BCUT2D eigenvalue weighted by atomic mass is 10.0. The highest BCUT2D eigenvalue weighted by atomic mass is 32.2. The number of aromatic amines is 1. The zero-order chi connectivity index (χ0) is 30.1. The highest BCUT2D eigenvalue weighted by molar-refractivity contribution is 8.00. The molecule has 14 nitrogen and oxygen atoms in total. The molecule has 4 rings (SSSR count). The van der Waals surface area contributed by atoms with Gasteiger partial charge in [-0.15, -0.1) is 0 Å². The van der Waals surface area contributed by atoms with E-state index in [2.05, 4.69) is 26.3 Å². The Morgan fingerprint density at radius 1 is 1.02 bits per heavy atom. The van der Waals surface area contributed by atoms with Gasteiger partial charge in [-0.3, -0.25) is 23.9 Å². The molecule has 0 bridgehead atoms. The fourth-order valence-corrected chi connectivity index (χ4v) is 7.12. The molecule has 6 atom stereocenters. The third kappa shape index (κ3) is 8.82. The molecule has 0 aromatic carbocycles. The normalized spacial score (nSPS) is 26.5. The number of thioether (sulfide) groups is 1. The van der Waals surface area contributed by atoms with Crippen molar-refractivity contribution in [2.75, 3.05) is 25.4 Å². The predicted molar refractivity (Wildman–Crippen MR) is 155 cm³/mol. The lowest BCUT2D eigenvalue weighted by Crippen LogP contribution is -2.36. The van der Waals surface area contributed by atoms with E-state index in [4.69, 9.17) is 4.74 Å². The Balaban J connectivity index is 1.02. The van der Waals surface area contributed by atoms with Crippen LogP contribution in [0.1, 0.15) is 69.6 Å².